The van der Waals surface area contributed by atoms with Gasteiger partial charge in [-0.2, -0.15) is 0 Å². The number of nitrogens with one attached hydrogen (secondary N) is 1. The average Bonchev–Trinajstić information content (AvgIpc) is 2.76. The predicted octanol–water partition coefficient (Wildman–Crippen LogP) is 4.68. The fraction of sp³-hybridized carbons (Fsp3) is 0.733. The van der Waals surface area contributed by atoms with Crippen LogP contribution in [0, 0.1) is 12.8 Å². The smallest absolute Gasteiger partial charge is 0.0420 e. The van der Waals surface area contributed by atoms with Crippen molar-refractivity contribution in [2.24, 2.45) is 5.92 Å². The molecule has 1 aromatic rings. The van der Waals surface area contributed by atoms with Crippen molar-refractivity contribution >= 4 is 11.3 Å². The highest BCUT2D eigenvalue weighted by molar-refractivity contribution is 7.10. The summed E-state index contributed by atoms with van der Waals surface area (Å²) >= 11 is 1.92. The van der Waals surface area contributed by atoms with Crippen LogP contribution in [0.4, 0.5) is 0 Å². The van der Waals surface area contributed by atoms with Gasteiger partial charge in [0.1, 0.15) is 0 Å². The van der Waals surface area contributed by atoms with E-state index in [4.69, 9.17) is 0 Å². The highest BCUT2D eigenvalue weighted by atomic mass is 32.1. The molecule has 0 spiro atoms. The zero-order chi connectivity index (χ0) is 12.1. The molecular formula is C15H25NS. The molecule has 0 bridgehead atoms. The molecule has 1 saturated carbocycles. The topological polar surface area (TPSA) is 12.0 Å². The van der Waals surface area contributed by atoms with Crippen molar-refractivity contribution < 1.29 is 0 Å². The summed E-state index contributed by atoms with van der Waals surface area (Å²) in [7, 11) is 0. The third-order valence-electron chi connectivity index (χ3n) is 3.96. The van der Waals surface area contributed by atoms with Gasteiger partial charge < -0.3 is 5.32 Å². The molecule has 1 nitrogen and oxygen atoms in total. The van der Waals surface area contributed by atoms with Crippen LogP contribution in [0.25, 0.3) is 0 Å². The van der Waals surface area contributed by atoms with Gasteiger partial charge in [0.2, 0.25) is 0 Å². The number of thiophene rings is 1. The Hall–Kier alpha value is -0.340. The van der Waals surface area contributed by atoms with Gasteiger partial charge in [0.25, 0.3) is 0 Å². The first-order valence-corrected chi connectivity index (χ1v) is 7.96. The molecule has 1 heterocycles. The van der Waals surface area contributed by atoms with E-state index in [1.165, 1.54) is 44.1 Å². The van der Waals surface area contributed by atoms with Crippen LogP contribution in [-0.4, -0.2) is 6.54 Å². The number of aryl methyl sites for hydroxylation is 1. The van der Waals surface area contributed by atoms with Crippen LogP contribution in [0.5, 0.6) is 0 Å². The lowest BCUT2D eigenvalue weighted by atomic mass is 9.84. The van der Waals surface area contributed by atoms with Gasteiger partial charge in [-0.05, 0) is 42.8 Å². The molecule has 0 aromatic carbocycles. The quantitative estimate of drug-likeness (QED) is 0.801. The van der Waals surface area contributed by atoms with Crippen LogP contribution >= 0.6 is 11.3 Å². The van der Waals surface area contributed by atoms with E-state index in [0.717, 1.165) is 12.5 Å². The molecule has 1 fully saturated rings. The molecule has 17 heavy (non-hydrogen) atoms. The molecule has 1 aliphatic rings. The summed E-state index contributed by atoms with van der Waals surface area (Å²) < 4.78 is 0. The van der Waals surface area contributed by atoms with Crippen molar-refractivity contribution in [1.29, 1.82) is 0 Å². The van der Waals surface area contributed by atoms with Crippen molar-refractivity contribution in [3.05, 3.63) is 21.9 Å². The van der Waals surface area contributed by atoms with E-state index in [1.54, 1.807) is 4.88 Å². The molecule has 2 heteroatoms. The first kappa shape index (κ1) is 13.1. The van der Waals surface area contributed by atoms with Gasteiger partial charge in [0, 0.05) is 10.9 Å². The van der Waals surface area contributed by atoms with Gasteiger partial charge in [-0.25, -0.2) is 0 Å². The van der Waals surface area contributed by atoms with E-state index >= 15 is 0 Å². The molecule has 1 N–H and O–H groups in total. The van der Waals surface area contributed by atoms with Gasteiger partial charge in [-0.3, -0.25) is 0 Å². The summed E-state index contributed by atoms with van der Waals surface area (Å²) in [4.78, 5) is 1.57. The first-order chi connectivity index (χ1) is 8.31. The lowest BCUT2D eigenvalue weighted by molar-refractivity contribution is 0.303. The van der Waals surface area contributed by atoms with Crippen LogP contribution in [0.1, 0.15) is 61.9 Å². The maximum atomic E-state index is 3.68. The molecule has 96 valence electrons. The van der Waals surface area contributed by atoms with E-state index < -0.39 is 0 Å². The molecule has 2 rings (SSSR count). The zero-order valence-corrected chi connectivity index (χ0v) is 12.0. The third-order valence-corrected chi connectivity index (χ3v) is 5.10. The van der Waals surface area contributed by atoms with Crippen molar-refractivity contribution in [3.63, 3.8) is 0 Å². The Balaban J connectivity index is 1.99. The van der Waals surface area contributed by atoms with Crippen LogP contribution in [0.2, 0.25) is 0 Å². The molecule has 1 unspecified atom stereocenters. The molecule has 0 saturated heterocycles. The Morgan fingerprint density at radius 3 is 2.71 bits per heavy atom. The Labute approximate surface area is 110 Å². The minimum atomic E-state index is 0.600. The molecule has 1 aromatic heterocycles. The van der Waals surface area contributed by atoms with Gasteiger partial charge in [0.05, 0.1) is 0 Å². The largest absolute Gasteiger partial charge is 0.310 e. The molecular weight excluding hydrogens is 226 g/mol. The van der Waals surface area contributed by atoms with Gasteiger partial charge in [-0.1, -0.05) is 39.0 Å². The van der Waals surface area contributed by atoms with Crippen molar-refractivity contribution in [2.75, 3.05) is 6.54 Å². The maximum Gasteiger partial charge on any atom is 0.0420 e. The lowest BCUT2D eigenvalue weighted by Crippen LogP contribution is -2.24. The summed E-state index contributed by atoms with van der Waals surface area (Å²) in [6.07, 6.45) is 8.61. The summed E-state index contributed by atoms with van der Waals surface area (Å²) in [5.41, 5.74) is 1.47. The van der Waals surface area contributed by atoms with E-state index in [0.29, 0.717) is 6.04 Å². The van der Waals surface area contributed by atoms with E-state index in [9.17, 15) is 0 Å². The average molecular weight is 251 g/mol. The van der Waals surface area contributed by atoms with Crippen molar-refractivity contribution in [2.45, 2.75) is 58.4 Å². The minimum Gasteiger partial charge on any atom is -0.310 e. The Bertz CT molecular complexity index is 325. The molecule has 1 aliphatic carbocycles. The summed E-state index contributed by atoms with van der Waals surface area (Å²) in [6.45, 7) is 5.54. The maximum absolute atomic E-state index is 3.68. The fourth-order valence-electron chi connectivity index (χ4n) is 3.03. The van der Waals surface area contributed by atoms with Crippen LogP contribution in [0.15, 0.2) is 11.4 Å². The standard InChI is InChI=1S/C15H25NS/c1-3-16-14(15-12(2)9-10-17-15)11-13-7-5-4-6-8-13/h9-10,13-14,16H,3-8,11H2,1-2H3. The van der Waals surface area contributed by atoms with Gasteiger partial charge >= 0.3 is 0 Å². The Morgan fingerprint density at radius 1 is 1.35 bits per heavy atom. The van der Waals surface area contributed by atoms with Crippen LogP contribution < -0.4 is 5.32 Å². The first-order valence-electron chi connectivity index (χ1n) is 7.08. The molecule has 1 atom stereocenters. The monoisotopic (exact) mass is 251 g/mol. The van der Waals surface area contributed by atoms with Crippen LogP contribution in [0.3, 0.4) is 0 Å². The highest BCUT2D eigenvalue weighted by Gasteiger charge is 2.21. The highest BCUT2D eigenvalue weighted by Crippen LogP contribution is 2.34. The SMILES string of the molecule is CCNC(CC1CCCCC1)c1sccc1C. The second-order valence-electron chi connectivity index (χ2n) is 5.32. The minimum absolute atomic E-state index is 0.600. The van der Waals surface area contributed by atoms with Crippen LogP contribution in [-0.2, 0) is 0 Å². The van der Waals surface area contributed by atoms with Crippen molar-refractivity contribution in [1.82, 2.24) is 5.32 Å². The van der Waals surface area contributed by atoms with E-state index in [1.807, 2.05) is 11.3 Å². The lowest BCUT2D eigenvalue weighted by Gasteiger charge is -2.27. The zero-order valence-electron chi connectivity index (χ0n) is 11.2. The number of rotatable bonds is 5. The Kier molecular flexibility index (Phi) is 5.05. The van der Waals surface area contributed by atoms with E-state index in [2.05, 4.69) is 30.6 Å². The summed E-state index contributed by atoms with van der Waals surface area (Å²) in [5.74, 6) is 0.953. The predicted molar refractivity (Wildman–Crippen MR) is 76.7 cm³/mol. The Morgan fingerprint density at radius 2 is 2.12 bits per heavy atom. The summed E-state index contributed by atoms with van der Waals surface area (Å²) in [5, 5.41) is 5.92. The number of hydrogen-bond acceptors (Lipinski definition) is 2. The van der Waals surface area contributed by atoms with Gasteiger partial charge in [-0.15, -0.1) is 11.3 Å². The molecule has 0 amide bonds. The second-order valence-corrected chi connectivity index (χ2v) is 6.27. The van der Waals surface area contributed by atoms with E-state index in [-0.39, 0.29) is 0 Å². The van der Waals surface area contributed by atoms with Gasteiger partial charge in [0.15, 0.2) is 0 Å². The normalized spacial score (nSPS) is 19.4. The second kappa shape index (κ2) is 6.55. The molecule has 0 radical (unpaired) electrons. The fourth-order valence-corrected chi connectivity index (χ4v) is 4.04. The van der Waals surface area contributed by atoms with Crippen molar-refractivity contribution in [3.8, 4) is 0 Å². The third kappa shape index (κ3) is 3.56. The number of hydrogen-bond donors (Lipinski definition) is 1. The molecule has 0 aliphatic heterocycles. The summed E-state index contributed by atoms with van der Waals surface area (Å²) in [6, 6.07) is 2.86.